The van der Waals surface area contributed by atoms with Gasteiger partial charge >= 0.3 is 6.09 Å². The van der Waals surface area contributed by atoms with E-state index in [1.165, 1.54) is 0 Å². The Labute approximate surface area is 116 Å². The number of nitrogens with one attached hydrogen (secondary N) is 1. The van der Waals surface area contributed by atoms with Crippen molar-refractivity contribution in [3.8, 4) is 0 Å². The van der Waals surface area contributed by atoms with Gasteiger partial charge in [0.15, 0.2) is 0 Å². The maximum Gasteiger partial charge on any atom is 0.409 e. The van der Waals surface area contributed by atoms with Crippen LogP contribution in [0, 0.1) is 5.92 Å². The minimum Gasteiger partial charge on any atom is -0.450 e. The number of aliphatic hydroxyl groups is 1. The highest BCUT2D eigenvalue weighted by Gasteiger charge is 2.24. The summed E-state index contributed by atoms with van der Waals surface area (Å²) in [4.78, 5) is 13.3. The number of carbonyl (C=O) groups is 1. The van der Waals surface area contributed by atoms with Crippen molar-refractivity contribution in [3.05, 3.63) is 0 Å². The second kappa shape index (κ2) is 8.38. The van der Waals surface area contributed by atoms with Crippen LogP contribution < -0.4 is 5.32 Å². The number of aliphatic hydroxyl groups excluding tert-OH is 1. The highest BCUT2D eigenvalue weighted by molar-refractivity contribution is 5.67. The fraction of sp³-hybridized carbons (Fsp3) is 0.929. The third-order valence-electron chi connectivity index (χ3n) is 3.94. The average Bonchev–Trinajstić information content (AvgIpc) is 2.44. The first-order valence-corrected chi connectivity index (χ1v) is 7.41. The Balaban J connectivity index is 2.21. The van der Waals surface area contributed by atoms with Gasteiger partial charge in [0.25, 0.3) is 0 Å². The van der Waals surface area contributed by atoms with Gasteiger partial charge < -0.3 is 20.1 Å². The van der Waals surface area contributed by atoms with Crippen molar-refractivity contribution in [2.24, 2.45) is 5.92 Å². The van der Waals surface area contributed by atoms with Gasteiger partial charge in [0.2, 0.25) is 0 Å². The SMILES string of the molecule is CCOC(=O)N1CCC(NCC(O)C(C)CC)CC1. The molecule has 0 aromatic heterocycles. The van der Waals surface area contributed by atoms with Crippen LogP contribution in [0.2, 0.25) is 0 Å². The largest absolute Gasteiger partial charge is 0.450 e. The molecule has 19 heavy (non-hydrogen) atoms. The summed E-state index contributed by atoms with van der Waals surface area (Å²) in [5.41, 5.74) is 0. The number of carbonyl (C=O) groups excluding carboxylic acids is 1. The topological polar surface area (TPSA) is 61.8 Å². The zero-order valence-electron chi connectivity index (χ0n) is 12.4. The third kappa shape index (κ3) is 5.37. The molecule has 0 aliphatic carbocycles. The zero-order chi connectivity index (χ0) is 14.3. The molecule has 2 N–H and O–H groups in total. The predicted octanol–water partition coefficient (Wildman–Crippen LogP) is 1.60. The maximum atomic E-state index is 11.5. The Morgan fingerprint density at radius 1 is 1.42 bits per heavy atom. The summed E-state index contributed by atoms with van der Waals surface area (Å²) in [6, 6.07) is 0.393. The van der Waals surface area contributed by atoms with E-state index in [-0.39, 0.29) is 12.2 Å². The fourth-order valence-corrected chi connectivity index (χ4v) is 2.24. The number of rotatable bonds is 6. The summed E-state index contributed by atoms with van der Waals surface area (Å²) >= 11 is 0. The number of ether oxygens (including phenoxy) is 1. The van der Waals surface area contributed by atoms with Crippen molar-refractivity contribution in [3.63, 3.8) is 0 Å². The van der Waals surface area contributed by atoms with Crippen LogP contribution in [0.3, 0.4) is 0 Å². The van der Waals surface area contributed by atoms with Crippen molar-refractivity contribution in [1.29, 1.82) is 0 Å². The Morgan fingerprint density at radius 3 is 2.58 bits per heavy atom. The Bertz CT molecular complexity index is 265. The molecule has 112 valence electrons. The number of hydrogen-bond acceptors (Lipinski definition) is 4. The summed E-state index contributed by atoms with van der Waals surface area (Å²) in [7, 11) is 0. The van der Waals surface area contributed by atoms with Crippen LogP contribution in [-0.2, 0) is 4.74 Å². The number of amides is 1. The molecule has 1 amide bonds. The lowest BCUT2D eigenvalue weighted by molar-refractivity contribution is 0.0868. The van der Waals surface area contributed by atoms with Gasteiger partial charge in [-0.05, 0) is 25.7 Å². The molecule has 0 radical (unpaired) electrons. The second-order valence-corrected chi connectivity index (χ2v) is 5.32. The van der Waals surface area contributed by atoms with E-state index in [0.29, 0.717) is 25.1 Å². The molecule has 1 aliphatic rings. The summed E-state index contributed by atoms with van der Waals surface area (Å²) in [6.07, 6.45) is 2.34. The first-order valence-electron chi connectivity index (χ1n) is 7.41. The van der Waals surface area contributed by atoms with Gasteiger partial charge in [-0.1, -0.05) is 20.3 Å². The monoisotopic (exact) mass is 272 g/mol. The van der Waals surface area contributed by atoms with Crippen LogP contribution >= 0.6 is 0 Å². The minimum atomic E-state index is -0.284. The van der Waals surface area contributed by atoms with E-state index in [9.17, 15) is 9.90 Å². The summed E-state index contributed by atoms with van der Waals surface area (Å²) in [5.74, 6) is 0.326. The minimum absolute atomic E-state index is 0.208. The Hall–Kier alpha value is -0.810. The normalized spacial score (nSPS) is 20.1. The molecular weight excluding hydrogens is 244 g/mol. The standard InChI is InChI=1S/C14H28N2O3/c1-4-11(3)13(17)10-15-12-6-8-16(9-7-12)14(18)19-5-2/h11-13,15,17H,4-10H2,1-3H3. The Kier molecular flexibility index (Phi) is 7.16. The van der Waals surface area contributed by atoms with E-state index in [4.69, 9.17) is 4.74 Å². The smallest absolute Gasteiger partial charge is 0.409 e. The molecule has 2 atom stereocenters. The Morgan fingerprint density at radius 2 is 2.05 bits per heavy atom. The van der Waals surface area contributed by atoms with Crippen molar-refractivity contribution in [1.82, 2.24) is 10.2 Å². The lowest BCUT2D eigenvalue weighted by atomic mass is 10.0. The molecule has 0 saturated carbocycles. The van der Waals surface area contributed by atoms with Crippen LogP contribution in [0.1, 0.15) is 40.0 Å². The van der Waals surface area contributed by atoms with Crippen LogP contribution in [0.15, 0.2) is 0 Å². The molecule has 2 unspecified atom stereocenters. The first kappa shape index (κ1) is 16.2. The van der Waals surface area contributed by atoms with E-state index >= 15 is 0 Å². The maximum absolute atomic E-state index is 11.5. The number of hydrogen-bond donors (Lipinski definition) is 2. The van der Waals surface area contributed by atoms with E-state index in [2.05, 4.69) is 19.2 Å². The van der Waals surface area contributed by atoms with Crippen LogP contribution in [0.25, 0.3) is 0 Å². The van der Waals surface area contributed by atoms with E-state index in [0.717, 1.165) is 32.4 Å². The molecule has 5 heteroatoms. The summed E-state index contributed by atoms with van der Waals surface area (Å²) < 4.78 is 4.99. The van der Waals surface area contributed by atoms with E-state index in [1.807, 2.05) is 6.92 Å². The van der Waals surface area contributed by atoms with Crippen molar-refractivity contribution in [2.75, 3.05) is 26.2 Å². The number of likely N-dealkylation sites (tertiary alicyclic amines) is 1. The van der Waals surface area contributed by atoms with Gasteiger partial charge in [-0.15, -0.1) is 0 Å². The second-order valence-electron chi connectivity index (χ2n) is 5.32. The number of nitrogens with zero attached hydrogens (tertiary/aromatic N) is 1. The van der Waals surface area contributed by atoms with Gasteiger partial charge in [-0.2, -0.15) is 0 Å². The van der Waals surface area contributed by atoms with E-state index < -0.39 is 0 Å². The fourth-order valence-electron chi connectivity index (χ4n) is 2.24. The summed E-state index contributed by atoms with van der Waals surface area (Å²) in [5, 5.41) is 13.3. The van der Waals surface area contributed by atoms with Crippen molar-refractivity contribution in [2.45, 2.75) is 52.2 Å². The molecule has 0 spiro atoms. The highest BCUT2D eigenvalue weighted by atomic mass is 16.6. The predicted molar refractivity (Wildman–Crippen MR) is 75.1 cm³/mol. The quantitative estimate of drug-likeness (QED) is 0.771. The highest BCUT2D eigenvalue weighted by Crippen LogP contribution is 2.12. The molecule has 1 aliphatic heterocycles. The molecule has 1 heterocycles. The lowest BCUT2D eigenvalue weighted by Gasteiger charge is -2.32. The lowest BCUT2D eigenvalue weighted by Crippen LogP contribution is -2.47. The zero-order valence-corrected chi connectivity index (χ0v) is 12.4. The van der Waals surface area contributed by atoms with Crippen molar-refractivity contribution >= 4 is 6.09 Å². The molecule has 1 saturated heterocycles. The molecular formula is C14H28N2O3. The van der Waals surface area contributed by atoms with Crippen molar-refractivity contribution < 1.29 is 14.6 Å². The molecule has 0 bridgehead atoms. The average molecular weight is 272 g/mol. The van der Waals surface area contributed by atoms with Crippen LogP contribution in [0.4, 0.5) is 4.79 Å². The van der Waals surface area contributed by atoms with Crippen LogP contribution in [0.5, 0.6) is 0 Å². The molecule has 1 rings (SSSR count). The summed E-state index contributed by atoms with van der Waals surface area (Å²) in [6.45, 7) is 8.51. The van der Waals surface area contributed by atoms with Gasteiger partial charge in [0, 0.05) is 25.7 Å². The van der Waals surface area contributed by atoms with Gasteiger partial charge in [0.05, 0.1) is 12.7 Å². The van der Waals surface area contributed by atoms with Gasteiger partial charge in [-0.3, -0.25) is 0 Å². The molecule has 0 aromatic carbocycles. The number of piperidine rings is 1. The molecule has 5 nitrogen and oxygen atoms in total. The van der Waals surface area contributed by atoms with Gasteiger partial charge in [-0.25, -0.2) is 4.79 Å². The molecule has 1 fully saturated rings. The van der Waals surface area contributed by atoms with E-state index in [1.54, 1.807) is 4.90 Å². The van der Waals surface area contributed by atoms with Gasteiger partial charge in [0.1, 0.15) is 0 Å². The molecule has 0 aromatic rings. The van der Waals surface area contributed by atoms with Crippen LogP contribution in [-0.4, -0.2) is 54.5 Å². The first-order chi connectivity index (χ1) is 9.08. The third-order valence-corrected chi connectivity index (χ3v) is 3.94.